The van der Waals surface area contributed by atoms with Crippen molar-refractivity contribution >= 4 is 5.97 Å². The number of aliphatic hydroxyl groups is 1. The highest BCUT2D eigenvalue weighted by atomic mass is 16.5. The fraction of sp³-hybridized carbons (Fsp3) is 0.923. The van der Waals surface area contributed by atoms with Gasteiger partial charge in [0.05, 0.1) is 12.2 Å². The number of rotatable bonds is 5. The lowest BCUT2D eigenvalue weighted by Gasteiger charge is -2.35. The van der Waals surface area contributed by atoms with E-state index >= 15 is 0 Å². The molecule has 100 valence electrons. The minimum Gasteiger partial charge on any atom is -0.465 e. The second-order valence-electron chi connectivity index (χ2n) is 5.36. The Hall–Kier alpha value is -0.610. The summed E-state index contributed by atoms with van der Waals surface area (Å²) in [5.74, 6) is -0.108. The Morgan fingerprint density at radius 3 is 2.76 bits per heavy atom. The van der Waals surface area contributed by atoms with Gasteiger partial charge in [-0.25, -0.2) is 0 Å². The Kier molecular flexibility index (Phi) is 5.40. The zero-order chi connectivity index (χ0) is 12.9. The van der Waals surface area contributed by atoms with Gasteiger partial charge in [-0.3, -0.25) is 9.69 Å². The fourth-order valence-corrected chi connectivity index (χ4v) is 2.18. The number of hydrogen-bond acceptors (Lipinski definition) is 4. The van der Waals surface area contributed by atoms with Crippen LogP contribution in [0.4, 0.5) is 0 Å². The predicted molar refractivity (Wildman–Crippen MR) is 66.8 cm³/mol. The van der Waals surface area contributed by atoms with Crippen LogP contribution in [-0.2, 0) is 9.53 Å². The van der Waals surface area contributed by atoms with Crippen molar-refractivity contribution in [2.24, 2.45) is 0 Å². The molecule has 0 radical (unpaired) electrons. The van der Waals surface area contributed by atoms with Crippen LogP contribution in [0.5, 0.6) is 0 Å². The number of ether oxygens (including phenoxy) is 1. The van der Waals surface area contributed by atoms with Gasteiger partial charge in [0, 0.05) is 6.54 Å². The van der Waals surface area contributed by atoms with E-state index in [4.69, 9.17) is 4.74 Å². The normalized spacial score (nSPS) is 22.5. The number of nitrogens with zero attached hydrogens (tertiary/aromatic N) is 1. The second kappa shape index (κ2) is 6.36. The lowest BCUT2D eigenvalue weighted by atomic mass is 9.99. The van der Waals surface area contributed by atoms with E-state index in [1.165, 1.54) is 0 Å². The molecule has 0 spiro atoms. The first-order valence-corrected chi connectivity index (χ1v) is 6.57. The SMILES string of the molecule is CCOC(=O)C1CCCCN1CCC(C)(C)O. The third kappa shape index (κ3) is 5.04. The topological polar surface area (TPSA) is 49.8 Å². The summed E-state index contributed by atoms with van der Waals surface area (Å²) in [7, 11) is 0. The van der Waals surface area contributed by atoms with Crippen molar-refractivity contribution in [1.29, 1.82) is 0 Å². The van der Waals surface area contributed by atoms with E-state index in [0.29, 0.717) is 13.0 Å². The highest BCUT2D eigenvalue weighted by molar-refractivity contribution is 5.75. The minimum absolute atomic E-state index is 0.106. The molecule has 1 aliphatic rings. The number of piperidine rings is 1. The third-order valence-corrected chi connectivity index (χ3v) is 3.18. The Morgan fingerprint density at radius 2 is 2.18 bits per heavy atom. The summed E-state index contributed by atoms with van der Waals surface area (Å²) < 4.78 is 5.10. The standard InChI is InChI=1S/C13H25NO3/c1-4-17-12(15)11-7-5-6-9-14(11)10-8-13(2,3)16/h11,16H,4-10H2,1-3H3. The van der Waals surface area contributed by atoms with Crippen molar-refractivity contribution in [3.63, 3.8) is 0 Å². The van der Waals surface area contributed by atoms with Crippen molar-refractivity contribution in [3.05, 3.63) is 0 Å². The summed E-state index contributed by atoms with van der Waals surface area (Å²) in [4.78, 5) is 14.0. The number of carbonyl (C=O) groups is 1. The van der Waals surface area contributed by atoms with E-state index < -0.39 is 5.60 Å². The maximum Gasteiger partial charge on any atom is 0.323 e. The molecule has 1 rings (SSSR count). The molecule has 4 heteroatoms. The van der Waals surface area contributed by atoms with Crippen molar-refractivity contribution in [2.75, 3.05) is 19.7 Å². The second-order valence-corrected chi connectivity index (χ2v) is 5.36. The van der Waals surface area contributed by atoms with Crippen LogP contribution in [0.3, 0.4) is 0 Å². The molecule has 0 amide bonds. The van der Waals surface area contributed by atoms with Crippen LogP contribution in [-0.4, -0.2) is 47.3 Å². The van der Waals surface area contributed by atoms with Crippen LogP contribution in [0, 0.1) is 0 Å². The van der Waals surface area contributed by atoms with Gasteiger partial charge < -0.3 is 9.84 Å². The molecule has 1 heterocycles. The van der Waals surface area contributed by atoms with E-state index in [1.807, 2.05) is 6.92 Å². The lowest BCUT2D eigenvalue weighted by molar-refractivity contribution is -0.151. The monoisotopic (exact) mass is 243 g/mol. The van der Waals surface area contributed by atoms with E-state index in [0.717, 1.165) is 32.4 Å². The van der Waals surface area contributed by atoms with Crippen LogP contribution < -0.4 is 0 Å². The third-order valence-electron chi connectivity index (χ3n) is 3.18. The van der Waals surface area contributed by atoms with Crippen LogP contribution in [0.1, 0.15) is 46.5 Å². The molecule has 0 aromatic carbocycles. The number of hydrogen-bond donors (Lipinski definition) is 1. The van der Waals surface area contributed by atoms with Crippen molar-refractivity contribution in [3.8, 4) is 0 Å². The minimum atomic E-state index is -0.670. The van der Waals surface area contributed by atoms with Crippen LogP contribution in [0.15, 0.2) is 0 Å². The van der Waals surface area contributed by atoms with Crippen LogP contribution in [0.25, 0.3) is 0 Å². The van der Waals surface area contributed by atoms with Crippen molar-refractivity contribution in [1.82, 2.24) is 4.90 Å². The van der Waals surface area contributed by atoms with Gasteiger partial charge in [-0.1, -0.05) is 6.42 Å². The zero-order valence-corrected chi connectivity index (χ0v) is 11.2. The smallest absolute Gasteiger partial charge is 0.323 e. The van der Waals surface area contributed by atoms with Crippen molar-refractivity contribution < 1.29 is 14.6 Å². The molecular weight excluding hydrogens is 218 g/mol. The van der Waals surface area contributed by atoms with Gasteiger partial charge in [-0.05, 0) is 46.6 Å². The van der Waals surface area contributed by atoms with Gasteiger partial charge in [0.2, 0.25) is 0 Å². The summed E-state index contributed by atoms with van der Waals surface area (Å²) in [6, 6.07) is -0.106. The molecule has 0 aromatic heterocycles. The Morgan fingerprint density at radius 1 is 1.47 bits per heavy atom. The summed E-state index contributed by atoms with van der Waals surface area (Å²) in [6.07, 6.45) is 3.78. The molecule has 17 heavy (non-hydrogen) atoms. The van der Waals surface area contributed by atoms with Crippen LogP contribution >= 0.6 is 0 Å². The first kappa shape index (κ1) is 14.5. The maximum atomic E-state index is 11.8. The zero-order valence-electron chi connectivity index (χ0n) is 11.2. The van der Waals surface area contributed by atoms with Gasteiger partial charge in [0.25, 0.3) is 0 Å². The van der Waals surface area contributed by atoms with E-state index in [9.17, 15) is 9.90 Å². The largest absolute Gasteiger partial charge is 0.465 e. The summed E-state index contributed by atoms with van der Waals surface area (Å²) >= 11 is 0. The highest BCUT2D eigenvalue weighted by Crippen LogP contribution is 2.20. The van der Waals surface area contributed by atoms with Crippen molar-refractivity contribution in [2.45, 2.75) is 58.1 Å². The van der Waals surface area contributed by atoms with Gasteiger partial charge in [-0.15, -0.1) is 0 Å². The Labute approximate surface area is 104 Å². The molecular formula is C13H25NO3. The average molecular weight is 243 g/mol. The average Bonchev–Trinajstić information content (AvgIpc) is 2.26. The molecule has 0 aliphatic carbocycles. The summed E-state index contributed by atoms with van der Waals surface area (Å²) in [5, 5.41) is 9.73. The van der Waals surface area contributed by atoms with Gasteiger partial charge in [0.1, 0.15) is 6.04 Å². The molecule has 1 unspecified atom stereocenters. The first-order chi connectivity index (χ1) is 7.94. The van der Waals surface area contributed by atoms with Crippen LogP contribution in [0.2, 0.25) is 0 Å². The molecule has 1 saturated heterocycles. The molecule has 0 bridgehead atoms. The predicted octanol–water partition coefficient (Wildman–Crippen LogP) is 1.56. The van der Waals surface area contributed by atoms with E-state index in [1.54, 1.807) is 13.8 Å². The Bertz CT molecular complexity index is 248. The lowest BCUT2D eigenvalue weighted by Crippen LogP contribution is -2.47. The maximum absolute atomic E-state index is 11.8. The molecule has 1 atom stereocenters. The molecule has 4 nitrogen and oxygen atoms in total. The summed E-state index contributed by atoms with van der Waals surface area (Å²) in [5.41, 5.74) is -0.670. The van der Waals surface area contributed by atoms with E-state index in [-0.39, 0.29) is 12.0 Å². The Balaban J connectivity index is 2.50. The molecule has 1 fully saturated rings. The number of likely N-dealkylation sites (tertiary alicyclic amines) is 1. The number of esters is 1. The highest BCUT2D eigenvalue weighted by Gasteiger charge is 2.30. The quantitative estimate of drug-likeness (QED) is 0.745. The van der Waals surface area contributed by atoms with Gasteiger partial charge in [-0.2, -0.15) is 0 Å². The molecule has 0 saturated carbocycles. The summed E-state index contributed by atoms with van der Waals surface area (Å²) in [6.45, 7) is 7.57. The molecule has 0 aromatic rings. The van der Waals surface area contributed by atoms with Gasteiger partial charge >= 0.3 is 5.97 Å². The van der Waals surface area contributed by atoms with Gasteiger partial charge in [0.15, 0.2) is 0 Å². The van der Waals surface area contributed by atoms with E-state index in [2.05, 4.69) is 4.90 Å². The molecule has 1 aliphatic heterocycles. The molecule has 1 N–H and O–H groups in total. The fourth-order valence-electron chi connectivity index (χ4n) is 2.18. The first-order valence-electron chi connectivity index (χ1n) is 6.57. The number of carbonyl (C=O) groups excluding carboxylic acids is 1.